The van der Waals surface area contributed by atoms with Gasteiger partial charge >= 0.3 is 0 Å². The number of hydrogen-bond donors (Lipinski definition) is 0. The number of hydrogen-bond acceptors (Lipinski definition) is 3. The van der Waals surface area contributed by atoms with Crippen LogP contribution in [0, 0.1) is 0 Å². The number of carbonyl (C=O) groups excluding carboxylic acids is 2. The van der Waals surface area contributed by atoms with Crippen molar-refractivity contribution in [3.8, 4) is 0 Å². The number of aromatic nitrogens is 2. The van der Waals surface area contributed by atoms with Gasteiger partial charge in [-0.15, -0.1) is 0 Å². The van der Waals surface area contributed by atoms with Gasteiger partial charge in [-0.2, -0.15) is 0 Å². The van der Waals surface area contributed by atoms with Gasteiger partial charge in [0.1, 0.15) is 12.4 Å². The van der Waals surface area contributed by atoms with E-state index in [0.717, 1.165) is 47.5 Å². The molecule has 0 saturated carbocycles. The predicted octanol–water partition coefficient (Wildman–Crippen LogP) is 4.53. The van der Waals surface area contributed by atoms with Crippen LogP contribution in [0.1, 0.15) is 35.7 Å². The van der Waals surface area contributed by atoms with E-state index >= 15 is 0 Å². The molecule has 0 bridgehead atoms. The van der Waals surface area contributed by atoms with Crippen LogP contribution in [0.15, 0.2) is 78.9 Å². The third-order valence-electron chi connectivity index (χ3n) is 7.18. The summed E-state index contributed by atoms with van der Waals surface area (Å²) >= 11 is 0. The third-order valence-corrected chi connectivity index (χ3v) is 7.18. The maximum atomic E-state index is 13.6. The van der Waals surface area contributed by atoms with Gasteiger partial charge in [0.25, 0.3) is 0 Å². The number of rotatable bonds is 5. The molecule has 0 N–H and O–H groups in total. The van der Waals surface area contributed by atoms with E-state index in [1.54, 1.807) is 0 Å². The predicted molar refractivity (Wildman–Crippen MR) is 136 cm³/mol. The number of amides is 2. The quantitative estimate of drug-likeness (QED) is 0.436. The number of imidazole rings is 1. The zero-order chi connectivity index (χ0) is 23.8. The van der Waals surface area contributed by atoms with Gasteiger partial charge < -0.3 is 14.4 Å². The van der Waals surface area contributed by atoms with Crippen molar-refractivity contribution in [1.29, 1.82) is 0 Å². The number of aryl methyl sites for hydroxylation is 1. The van der Waals surface area contributed by atoms with Crippen LogP contribution in [0.5, 0.6) is 0 Å². The maximum Gasteiger partial charge on any atom is 0.246 e. The van der Waals surface area contributed by atoms with E-state index < -0.39 is 0 Å². The van der Waals surface area contributed by atoms with E-state index in [-0.39, 0.29) is 24.3 Å². The van der Waals surface area contributed by atoms with Crippen molar-refractivity contribution < 1.29 is 9.59 Å². The summed E-state index contributed by atoms with van der Waals surface area (Å²) in [7, 11) is 0. The van der Waals surface area contributed by atoms with Gasteiger partial charge in [0.2, 0.25) is 11.8 Å². The second-order valence-electron chi connectivity index (χ2n) is 9.48. The average molecular weight is 465 g/mol. The van der Waals surface area contributed by atoms with Gasteiger partial charge in [0, 0.05) is 37.7 Å². The number of carbonyl (C=O) groups is 2. The minimum Gasteiger partial charge on any atom is -0.338 e. The minimum absolute atomic E-state index is 0.0416. The van der Waals surface area contributed by atoms with Crippen molar-refractivity contribution in [3.63, 3.8) is 0 Å². The van der Waals surface area contributed by atoms with E-state index in [0.29, 0.717) is 19.5 Å². The van der Waals surface area contributed by atoms with E-state index in [1.165, 1.54) is 5.56 Å². The highest BCUT2D eigenvalue weighted by Crippen LogP contribution is 2.32. The van der Waals surface area contributed by atoms with Crippen molar-refractivity contribution in [2.24, 2.45) is 0 Å². The smallest absolute Gasteiger partial charge is 0.246 e. The molecule has 0 unspecified atom stereocenters. The maximum absolute atomic E-state index is 13.6. The molecule has 6 rings (SSSR count). The first-order valence-corrected chi connectivity index (χ1v) is 12.3. The van der Waals surface area contributed by atoms with Crippen LogP contribution in [-0.2, 0) is 29.1 Å². The topological polar surface area (TPSA) is 58.4 Å². The first-order chi connectivity index (χ1) is 17.2. The van der Waals surface area contributed by atoms with Crippen LogP contribution in [0.4, 0.5) is 5.69 Å². The van der Waals surface area contributed by atoms with Crippen LogP contribution >= 0.6 is 0 Å². The Bertz CT molecular complexity index is 1390. The molecule has 0 radical (unpaired) electrons. The summed E-state index contributed by atoms with van der Waals surface area (Å²) in [6.07, 6.45) is 2.38. The molecule has 3 heterocycles. The molecule has 3 aromatic carbocycles. The molecular formula is C29H28N4O2. The average Bonchev–Trinajstić information content (AvgIpc) is 3.44. The van der Waals surface area contributed by atoms with Gasteiger partial charge in [-0.3, -0.25) is 9.59 Å². The zero-order valence-electron chi connectivity index (χ0n) is 19.6. The number of nitrogens with zero attached hydrogens (tertiary/aromatic N) is 4. The van der Waals surface area contributed by atoms with Crippen molar-refractivity contribution in [2.45, 2.75) is 38.3 Å². The van der Waals surface area contributed by atoms with E-state index in [1.807, 2.05) is 87.2 Å². The highest BCUT2D eigenvalue weighted by Gasteiger charge is 2.34. The molecule has 1 fully saturated rings. The molecule has 1 aromatic heterocycles. The van der Waals surface area contributed by atoms with Crippen LogP contribution < -0.4 is 4.90 Å². The number of fused-ring (bicyclic) bond motifs is 2. The fourth-order valence-corrected chi connectivity index (χ4v) is 5.49. The monoisotopic (exact) mass is 464 g/mol. The normalized spacial score (nSPS) is 17.7. The van der Waals surface area contributed by atoms with E-state index in [9.17, 15) is 9.59 Å². The summed E-state index contributed by atoms with van der Waals surface area (Å²) in [4.78, 5) is 35.3. The molecule has 0 spiro atoms. The summed E-state index contributed by atoms with van der Waals surface area (Å²) in [5, 5.41) is 0. The Balaban J connectivity index is 1.30. The number of para-hydroxylation sites is 3. The Labute approximate surface area is 204 Å². The van der Waals surface area contributed by atoms with Gasteiger partial charge in [0.15, 0.2) is 0 Å². The largest absolute Gasteiger partial charge is 0.338 e. The summed E-state index contributed by atoms with van der Waals surface area (Å²) < 4.78 is 2.04. The second kappa shape index (κ2) is 9.02. The van der Waals surface area contributed by atoms with Gasteiger partial charge in [-0.25, -0.2) is 4.98 Å². The van der Waals surface area contributed by atoms with E-state index in [2.05, 4.69) is 6.07 Å². The van der Waals surface area contributed by atoms with Gasteiger partial charge in [-0.1, -0.05) is 60.7 Å². The Morgan fingerprint density at radius 3 is 2.60 bits per heavy atom. The summed E-state index contributed by atoms with van der Waals surface area (Å²) in [6, 6.07) is 26.2. The van der Waals surface area contributed by atoms with Crippen molar-refractivity contribution in [1.82, 2.24) is 14.5 Å². The zero-order valence-corrected chi connectivity index (χ0v) is 19.6. The molecule has 1 saturated heterocycles. The molecular weight excluding hydrogens is 436 g/mol. The molecule has 2 amide bonds. The van der Waals surface area contributed by atoms with Crippen LogP contribution in [0.2, 0.25) is 0 Å². The van der Waals surface area contributed by atoms with Crippen molar-refractivity contribution in [2.75, 3.05) is 18.0 Å². The molecule has 2 aliphatic heterocycles. The molecule has 1 atom stereocenters. The summed E-state index contributed by atoms with van der Waals surface area (Å²) in [5.74, 6) is 0.981. The van der Waals surface area contributed by atoms with E-state index in [4.69, 9.17) is 4.98 Å². The highest BCUT2D eigenvalue weighted by atomic mass is 16.2. The molecule has 0 aliphatic carbocycles. The third kappa shape index (κ3) is 4.09. The number of anilines is 1. The SMILES string of the molecule is O=C1C[C@@H](c2nc3ccccc3n2CC(=O)N2CCCc3ccccc32)CN1Cc1ccccc1. The lowest BCUT2D eigenvalue weighted by Crippen LogP contribution is -2.38. The lowest BCUT2D eigenvalue weighted by Gasteiger charge is -2.30. The molecule has 6 nitrogen and oxygen atoms in total. The molecule has 6 heteroatoms. The summed E-state index contributed by atoms with van der Waals surface area (Å²) in [6.45, 7) is 2.15. The fourth-order valence-electron chi connectivity index (χ4n) is 5.49. The Morgan fingerprint density at radius 1 is 0.943 bits per heavy atom. The lowest BCUT2D eigenvalue weighted by atomic mass is 10.0. The van der Waals surface area contributed by atoms with Crippen LogP contribution in [0.25, 0.3) is 11.0 Å². The minimum atomic E-state index is -0.0416. The Kier molecular flexibility index (Phi) is 5.57. The number of likely N-dealkylation sites (tertiary alicyclic amines) is 1. The van der Waals surface area contributed by atoms with Gasteiger partial charge in [0.05, 0.1) is 11.0 Å². The number of benzene rings is 3. The van der Waals surface area contributed by atoms with Gasteiger partial charge in [-0.05, 0) is 42.2 Å². The second-order valence-corrected chi connectivity index (χ2v) is 9.48. The first kappa shape index (κ1) is 21.6. The lowest BCUT2D eigenvalue weighted by molar-refractivity contribution is -0.128. The van der Waals surface area contributed by atoms with Crippen LogP contribution in [-0.4, -0.2) is 39.4 Å². The molecule has 4 aromatic rings. The highest BCUT2D eigenvalue weighted by molar-refractivity contribution is 5.95. The van der Waals surface area contributed by atoms with Crippen molar-refractivity contribution >= 4 is 28.5 Å². The van der Waals surface area contributed by atoms with Crippen LogP contribution in [0.3, 0.4) is 0 Å². The Hall–Kier alpha value is -3.93. The standard InChI is InChI=1S/C29H28N4O2/c34-27-17-23(19-31(27)18-21-9-2-1-3-10-21)29-30-24-13-5-7-15-26(24)33(29)20-28(35)32-16-8-12-22-11-4-6-14-25(22)32/h1-7,9-11,13-15,23H,8,12,16-20H2/t23-/m1/s1. The van der Waals surface area contributed by atoms with Crippen molar-refractivity contribution in [3.05, 3.63) is 95.8 Å². The molecule has 2 aliphatic rings. The fraction of sp³-hybridized carbons (Fsp3) is 0.276. The molecule has 176 valence electrons. The Morgan fingerprint density at radius 2 is 1.71 bits per heavy atom. The molecule has 35 heavy (non-hydrogen) atoms. The first-order valence-electron chi connectivity index (χ1n) is 12.3. The summed E-state index contributed by atoms with van der Waals surface area (Å²) in [5.41, 5.74) is 5.16.